The van der Waals surface area contributed by atoms with Crippen molar-refractivity contribution in [3.63, 3.8) is 0 Å². The zero-order valence-electron chi connectivity index (χ0n) is 6.06. The van der Waals surface area contributed by atoms with Gasteiger partial charge in [-0.15, -0.1) is 0 Å². The predicted molar refractivity (Wildman–Crippen MR) is 36.6 cm³/mol. The third-order valence-electron chi connectivity index (χ3n) is 1.81. The fourth-order valence-corrected chi connectivity index (χ4v) is 1.18. The Morgan fingerprint density at radius 3 is 2.90 bits per heavy atom. The largest absolute Gasteiger partial charge is 0.304 e. The lowest BCUT2D eigenvalue weighted by molar-refractivity contribution is -0.120. The topological polar surface area (TPSA) is 29.1 Å². The molecule has 0 saturated carbocycles. The van der Waals surface area contributed by atoms with Crippen LogP contribution >= 0.6 is 0 Å². The molecular formula is C7H12FNO. The maximum Gasteiger partial charge on any atom is 0.149 e. The highest BCUT2D eigenvalue weighted by Gasteiger charge is 2.27. The Balaban J connectivity index is 2.37. The molecule has 0 aromatic heterocycles. The first-order valence-corrected chi connectivity index (χ1v) is 3.64. The molecule has 0 aliphatic carbocycles. The lowest BCUT2D eigenvalue weighted by Gasteiger charge is -2.04. The molecule has 1 aliphatic rings. The molecule has 3 heteroatoms. The van der Waals surface area contributed by atoms with Crippen molar-refractivity contribution in [2.24, 2.45) is 0 Å². The van der Waals surface area contributed by atoms with Gasteiger partial charge in [0.25, 0.3) is 0 Å². The minimum Gasteiger partial charge on any atom is -0.304 e. The Morgan fingerprint density at radius 2 is 2.50 bits per heavy atom. The van der Waals surface area contributed by atoms with Gasteiger partial charge < -0.3 is 5.32 Å². The Labute approximate surface area is 59.8 Å². The highest BCUT2D eigenvalue weighted by atomic mass is 19.1. The highest BCUT2D eigenvalue weighted by molar-refractivity contribution is 5.84. The zero-order chi connectivity index (χ0) is 7.56. The molecule has 1 saturated heterocycles. The predicted octanol–water partition coefficient (Wildman–Crippen LogP) is 0.665. The number of Topliss-reactive ketones (excluding diaryl/α,β-unsaturated/α-hetero) is 1. The molecule has 1 N–H and O–H groups in total. The highest BCUT2D eigenvalue weighted by Crippen LogP contribution is 2.11. The van der Waals surface area contributed by atoms with Crippen LogP contribution in [-0.4, -0.2) is 24.5 Å². The van der Waals surface area contributed by atoms with Gasteiger partial charge in [-0.2, -0.15) is 0 Å². The molecule has 58 valence electrons. The summed E-state index contributed by atoms with van der Waals surface area (Å²) in [6.07, 6.45) is 0.0531. The van der Waals surface area contributed by atoms with Crippen molar-refractivity contribution >= 4 is 5.78 Å². The van der Waals surface area contributed by atoms with Crippen LogP contribution in [0.5, 0.6) is 0 Å². The van der Waals surface area contributed by atoms with E-state index in [9.17, 15) is 9.18 Å². The molecular weight excluding hydrogens is 133 g/mol. The monoisotopic (exact) mass is 145 g/mol. The second kappa shape index (κ2) is 3.10. The van der Waals surface area contributed by atoms with Crippen molar-refractivity contribution in [2.45, 2.75) is 32.0 Å². The SMILES string of the molecule is CCC(=O)[C@@H]1C[C@@H](F)CN1. The van der Waals surface area contributed by atoms with Gasteiger partial charge in [-0.3, -0.25) is 4.79 Å². The summed E-state index contributed by atoms with van der Waals surface area (Å²) in [6, 6.07) is -0.208. The van der Waals surface area contributed by atoms with Gasteiger partial charge in [0, 0.05) is 19.4 Å². The van der Waals surface area contributed by atoms with Crippen molar-refractivity contribution in [3.8, 4) is 0 Å². The van der Waals surface area contributed by atoms with E-state index in [1.165, 1.54) is 0 Å². The van der Waals surface area contributed by atoms with Crippen LogP contribution in [0.25, 0.3) is 0 Å². The summed E-state index contributed by atoms with van der Waals surface area (Å²) in [7, 11) is 0. The standard InChI is InChI=1S/C7H12FNO/c1-2-7(10)6-3-5(8)4-9-6/h5-6,9H,2-4H2,1H3/t5-,6+/m1/s1. The summed E-state index contributed by atoms with van der Waals surface area (Å²) in [5, 5.41) is 2.83. The van der Waals surface area contributed by atoms with Gasteiger partial charge in [0.05, 0.1) is 6.04 Å². The first-order chi connectivity index (χ1) is 4.74. The van der Waals surface area contributed by atoms with Crippen molar-refractivity contribution < 1.29 is 9.18 Å². The number of ketones is 1. The fourth-order valence-electron chi connectivity index (χ4n) is 1.18. The zero-order valence-corrected chi connectivity index (χ0v) is 6.06. The molecule has 0 spiro atoms. The molecule has 0 aromatic rings. The molecule has 1 rings (SSSR count). The van der Waals surface area contributed by atoms with Gasteiger partial charge in [0.15, 0.2) is 0 Å². The summed E-state index contributed by atoms with van der Waals surface area (Å²) in [5.41, 5.74) is 0. The van der Waals surface area contributed by atoms with Crippen LogP contribution in [0.3, 0.4) is 0 Å². The van der Waals surface area contributed by atoms with E-state index in [1.807, 2.05) is 0 Å². The van der Waals surface area contributed by atoms with E-state index in [1.54, 1.807) is 6.92 Å². The van der Waals surface area contributed by atoms with Crippen LogP contribution < -0.4 is 5.32 Å². The van der Waals surface area contributed by atoms with E-state index in [0.29, 0.717) is 19.4 Å². The molecule has 0 amide bonds. The smallest absolute Gasteiger partial charge is 0.149 e. The van der Waals surface area contributed by atoms with E-state index in [-0.39, 0.29) is 11.8 Å². The van der Waals surface area contributed by atoms with Gasteiger partial charge in [0.1, 0.15) is 12.0 Å². The van der Waals surface area contributed by atoms with E-state index < -0.39 is 6.17 Å². The molecule has 10 heavy (non-hydrogen) atoms. The average molecular weight is 145 g/mol. The Kier molecular flexibility index (Phi) is 2.38. The van der Waals surface area contributed by atoms with E-state index in [0.717, 1.165) is 0 Å². The average Bonchev–Trinajstić information content (AvgIpc) is 2.34. The molecule has 1 fully saturated rings. The van der Waals surface area contributed by atoms with Crippen LogP contribution in [0.1, 0.15) is 19.8 Å². The van der Waals surface area contributed by atoms with Crippen molar-refractivity contribution in [1.29, 1.82) is 0 Å². The van der Waals surface area contributed by atoms with Gasteiger partial charge in [-0.25, -0.2) is 4.39 Å². The second-order valence-corrected chi connectivity index (χ2v) is 2.61. The number of carbonyl (C=O) groups is 1. The number of hydrogen-bond donors (Lipinski definition) is 1. The lowest BCUT2D eigenvalue weighted by atomic mass is 10.1. The molecule has 1 aliphatic heterocycles. The van der Waals surface area contributed by atoms with Crippen LogP contribution in [0.2, 0.25) is 0 Å². The van der Waals surface area contributed by atoms with E-state index in [2.05, 4.69) is 5.32 Å². The molecule has 0 radical (unpaired) electrons. The number of hydrogen-bond acceptors (Lipinski definition) is 2. The second-order valence-electron chi connectivity index (χ2n) is 2.61. The summed E-state index contributed by atoms with van der Waals surface area (Å²) >= 11 is 0. The van der Waals surface area contributed by atoms with Gasteiger partial charge in [0.2, 0.25) is 0 Å². The first-order valence-electron chi connectivity index (χ1n) is 3.64. The normalized spacial score (nSPS) is 32.6. The number of rotatable bonds is 2. The van der Waals surface area contributed by atoms with Crippen molar-refractivity contribution in [2.75, 3.05) is 6.54 Å². The van der Waals surface area contributed by atoms with E-state index >= 15 is 0 Å². The number of alkyl halides is 1. The maximum absolute atomic E-state index is 12.5. The minimum atomic E-state index is -0.819. The van der Waals surface area contributed by atoms with Crippen molar-refractivity contribution in [3.05, 3.63) is 0 Å². The van der Waals surface area contributed by atoms with Crippen LogP contribution in [0, 0.1) is 0 Å². The molecule has 0 bridgehead atoms. The molecule has 1 heterocycles. The summed E-state index contributed by atoms with van der Waals surface area (Å²) in [5.74, 6) is 0.125. The quantitative estimate of drug-likeness (QED) is 0.618. The Morgan fingerprint density at radius 1 is 1.80 bits per heavy atom. The van der Waals surface area contributed by atoms with Crippen LogP contribution in [0.15, 0.2) is 0 Å². The summed E-state index contributed by atoms with van der Waals surface area (Å²) < 4.78 is 12.5. The minimum absolute atomic E-state index is 0.125. The van der Waals surface area contributed by atoms with Crippen molar-refractivity contribution in [1.82, 2.24) is 5.32 Å². The summed E-state index contributed by atoms with van der Waals surface area (Å²) in [6.45, 7) is 2.14. The maximum atomic E-state index is 12.5. The molecule has 2 atom stereocenters. The number of carbonyl (C=O) groups excluding carboxylic acids is 1. The van der Waals surface area contributed by atoms with Gasteiger partial charge in [-0.1, -0.05) is 6.92 Å². The third kappa shape index (κ3) is 1.53. The Hall–Kier alpha value is -0.440. The van der Waals surface area contributed by atoms with E-state index in [4.69, 9.17) is 0 Å². The Bertz CT molecular complexity index is 138. The summed E-state index contributed by atoms with van der Waals surface area (Å²) in [4.78, 5) is 10.9. The first kappa shape index (κ1) is 7.66. The van der Waals surface area contributed by atoms with Crippen LogP contribution in [-0.2, 0) is 4.79 Å². The number of nitrogens with one attached hydrogen (secondary N) is 1. The molecule has 0 unspecified atom stereocenters. The molecule has 2 nitrogen and oxygen atoms in total. The number of halogens is 1. The molecule has 0 aromatic carbocycles. The third-order valence-corrected chi connectivity index (χ3v) is 1.81. The lowest BCUT2D eigenvalue weighted by Crippen LogP contribution is -2.29. The van der Waals surface area contributed by atoms with Gasteiger partial charge >= 0.3 is 0 Å². The van der Waals surface area contributed by atoms with Gasteiger partial charge in [-0.05, 0) is 0 Å². The fraction of sp³-hybridized carbons (Fsp3) is 0.857. The van der Waals surface area contributed by atoms with Crippen LogP contribution in [0.4, 0.5) is 4.39 Å².